The number of carbonyl (C=O) groups excluding carboxylic acids is 1. The topological polar surface area (TPSA) is 51.1 Å². The van der Waals surface area contributed by atoms with Crippen LogP contribution in [-0.2, 0) is 4.74 Å². The van der Waals surface area contributed by atoms with Crippen molar-refractivity contribution in [1.29, 1.82) is 0 Å². The molecule has 0 aromatic heterocycles. The van der Waals surface area contributed by atoms with Crippen LogP contribution in [0.25, 0.3) is 0 Å². The van der Waals surface area contributed by atoms with Crippen molar-refractivity contribution in [2.75, 3.05) is 27.3 Å². The maximum atomic E-state index is 11.5. The molecule has 100 valence electrons. The molecule has 0 spiro atoms. The minimum absolute atomic E-state index is 0.383. The zero-order chi connectivity index (χ0) is 13.8. The number of hydrogen-bond acceptors (Lipinski definition) is 4. The van der Waals surface area contributed by atoms with Gasteiger partial charge in [0.05, 0.1) is 24.8 Å². The smallest absolute Gasteiger partial charge is 0.337 e. The van der Waals surface area contributed by atoms with Crippen molar-refractivity contribution < 1.29 is 14.3 Å². The van der Waals surface area contributed by atoms with Gasteiger partial charge in [-0.05, 0) is 24.4 Å². The number of benzene rings is 1. The first kappa shape index (κ1) is 13.1. The quantitative estimate of drug-likeness (QED) is 0.759. The third-order valence-corrected chi connectivity index (χ3v) is 2.94. The van der Waals surface area contributed by atoms with E-state index < -0.39 is 0 Å². The Bertz CT molecular complexity index is 537. The van der Waals surface area contributed by atoms with E-state index in [9.17, 15) is 4.79 Å². The van der Waals surface area contributed by atoms with E-state index in [1.54, 1.807) is 25.4 Å². The Balaban J connectivity index is 2.48. The first-order valence-corrected chi connectivity index (χ1v) is 5.92. The predicted octanol–water partition coefficient (Wildman–Crippen LogP) is 1.69. The number of hydrogen-bond donors (Lipinski definition) is 0. The second-order valence-electron chi connectivity index (χ2n) is 3.97. The van der Waals surface area contributed by atoms with Gasteiger partial charge in [0, 0.05) is 7.05 Å². The fraction of sp³-hybridized carbons (Fsp3) is 0.286. The number of esters is 1. The Kier molecular flexibility index (Phi) is 3.85. The number of aliphatic imine (C=N–C) groups is 1. The molecule has 0 bridgehead atoms. The zero-order valence-corrected chi connectivity index (χ0v) is 11.0. The summed E-state index contributed by atoms with van der Waals surface area (Å²) < 4.78 is 10.4. The number of amidine groups is 1. The molecule has 0 saturated carbocycles. The van der Waals surface area contributed by atoms with E-state index in [-0.39, 0.29) is 5.97 Å². The molecule has 1 aromatic carbocycles. The van der Waals surface area contributed by atoms with Gasteiger partial charge in [0.2, 0.25) is 0 Å². The van der Waals surface area contributed by atoms with Gasteiger partial charge in [-0.2, -0.15) is 0 Å². The molecule has 0 saturated heterocycles. The van der Waals surface area contributed by atoms with Crippen LogP contribution in [0.2, 0.25) is 0 Å². The number of rotatable bonds is 2. The van der Waals surface area contributed by atoms with Crippen molar-refractivity contribution in [1.82, 2.24) is 4.90 Å². The molecule has 5 heteroatoms. The van der Waals surface area contributed by atoms with Crippen LogP contribution in [0.3, 0.4) is 0 Å². The highest BCUT2D eigenvalue weighted by molar-refractivity contribution is 6.03. The van der Waals surface area contributed by atoms with E-state index in [0.717, 1.165) is 11.4 Å². The van der Waals surface area contributed by atoms with E-state index in [1.807, 2.05) is 11.0 Å². The number of ether oxygens (including phenoxy) is 2. The average molecular weight is 260 g/mol. The van der Waals surface area contributed by atoms with Crippen molar-refractivity contribution in [3.63, 3.8) is 0 Å². The summed E-state index contributed by atoms with van der Waals surface area (Å²) in [6.45, 7) is 4.94. The van der Waals surface area contributed by atoms with Crippen molar-refractivity contribution >= 4 is 11.8 Å². The summed E-state index contributed by atoms with van der Waals surface area (Å²) in [5.41, 5.74) is 1.30. The van der Waals surface area contributed by atoms with Gasteiger partial charge >= 0.3 is 5.97 Å². The first-order chi connectivity index (χ1) is 9.21. The highest BCUT2D eigenvalue weighted by atomic mass is 16.5. The lowest BCUT2D eigenvalue weighted by Crippen LogP contribution is -2.27. The van der Waals surface area contributed by atoms with E-state index in [2.05, 4.69) is 11.6 Å². The molecule has 0 radical (unpaired) electrons. The molecule has 19 heavy (non-hydrogen) atoms. The Morgan fingerprint density at radius 3 is 3.00 bits per heavy atom. The summed E-state index contributed by atoms with van der Waals surface area (Å²) >= 11 is 0. The van der Waals surface area contributed by atoms with E-state index >= 15 is 0 Å². The van der Waals surface area contributed by atoms with Crippen LogP contribution in [0.5, 0.6) is 5.75 Å². The molecular weight excluding hydrogens is 244 g/mol. The summed E-state index contributed by atoms with van der Waals surface area (Å²) in [5, 5.41) is 0. The van der Waals surface area contributed by atoms with Gasteiger partial charge in [0.25, 0.3) is 0 Å². The second-order valence-corrected chi connectivity index (χ2v) is 3.97. The highest BCUT2D eigenvalue weighted by Gasteiger charge is 2.21. The normalized spacial score (nSPS) is 16.3. The molecule has 0 atom stereocenters. The van der Waals surface area contributed by atoms with Gasteiger partial charge in [0.15, 0.2) is 0 Å². The van der Waals surface area contributed by atoms with Crippen LogP contribution in [0, 0.1) is 0 Å². The Morgan fingerprint density at radius 2 is 2.37 bits per heavy atom. The van der Waals surface area contributed by atoms with Crippen molar-refractivity contribution in [3.8, 4) is 5.75 Å². The average Bonchev–Trinajstić information content (AvgIpc) is 2.63. The van der Waals surface area contributed by atoms with Crippen LogP contribution < -0.4 is 4.74 Å². The second kappa shape index (κ2) is 5.56. The van der Waals surface area contributed by atoms with Crippen LogP contribution >= 0.6 is 0 Å². The molecule has 1 aromatic rings. The summed E-state index contributed by atoms with van der Waals surface area (Å²) in [6, 6.07) is 5.19. The summed E-state index contributed by atoms with van der Waals surface area (Å²) in [6.07, 6.45) is 1.72. The molecule has 0 N–H and O–H groups in total. The van der Waals surface area contributed by atoms with Gasteiger partial charge < -0.3 is 14.4 Å². The Labute approximate surface area is 112 Å². The molecule has 2 rings (SSSR count). The van der Waals surface area contributed by atoms with E-state index in [0.29, 0.717) is 24.5 Å². The number of fused-ring (bicyclic) bond motifs is 1. The van der Waals surface area contributed by atoms with Crippen LogP contribution in [0.4, 0.5) is 0 Å². The molecule has 0 unspecified atom stereocenters. The molecular formula is C14H16N2O3. The lowest BCUT2D eigenvalue weighted by molar-refractivity contribution is 0.0600. The highest BCUT2D eigenvalue weighted by Crippen LogP contribution is 2.25. The predicted molar refractivity (Wildman–Crippen MR) is 72.6 cm³/mol. The van der Waals surface area contributed by atoms with Gasteiger partial charge in [-0.1, -0.05) is 6.58 Å². The lowest BCUT2D eigenvalue weighted by Gasteiger charge is -2.18. The monoisotopic (exact) mass is 260 g/mol. The number of nitrogens with zero attached hydrogens (tertiary/aromatic N) is 2. The molecule has 0 amide bonds. The van der Waals surface area contributed by atoms with Gasteiger partial charge in [0.1, 0.15) is 18.2 Å². The number of methoxy groups -OCH3 is 1. The fourth-order valence-corrected chi connectivity index (χ4v) is 2.01. The van der Waals surface area contributed by atoms with E-state index in [1.165, 1.54) is 7.11 Å². The van der Waals surface area contributed by atoms with Gasteiger partial charge in [-0.25, -0.2) is 4.79 Å². The maximum Gasteiger partial charge on any atom is 0.337 e. The van der Waals surface area contributed by atoms with Crippen LogP contribution in [0.1, 0.15) is 15.9 Å². The SMILES string of the molecule is C=CN1CCOc2cc(C(=O)OC)ccc2C1=NC. The van der Waals surface area contributed by atoms with Crippen molar-refractivity contribution in [2.24, 2.45) is 4.99 Å². The summed E-state index contributed by atoms with van der Waals surface area (Å²) in [7, 11) is 3.07. The summed E-state index contributed by atoms with van der Waals surface area (Å²) in [5.74, 6) is 1.03. The standard InChI is InChI=1S/C14H16N2O3/c1-4-16-7-8-19-12-9-10(14(17)18-3)5-6-11(12)13(16)15-2/h4-6,9H,1,7-8H2,2-3H3. The Hall–Kier alpha value is -2.30. The van der Waals surface area contributed by atoms with Crippen LogP contribution in [0.15, 0.2) is 36.0 Å². The molecule has 1 aliphatic heterocycles. The van der Waals surface area contributed by atoms with Crippen LogP contribution in [-0.4, -0.2) is 44.0 Å². The third kappa shape index (κ3) is 2.45. The number of carbonyl (C=O) groups is 1. The molecule has 0 aliphatic carbocycles. The molecule has 0 fully saturated rings. The summed E-state index contributed by atoms with van der Waals surface area (Å²) in [4.78, 5) is 17.7. The molecule has 1 aliphatic rings. The largest absolute Gasteiger partial charge is 0.491 e. The third-order valence-electron chi connectivity index (χ3n) is 2.94. The molecule has 5 nitrogen and oxygen atoms in total. The van der Waals surface area contributed by atoms with Gasteiger partial charge in [-0.3, -0.25) is 4.99 Å². The first-order valence-electron chi connectivity index (χ1n) is 5.92. The van der Waals surface area contributed by atoms with Crippen molar-refractivity contribution in [3.05, 3.63) is 42.1 Å². The lowest BCUT2D eigenvalue weighted by atomic mass is 10.1. The Morgan fingerprint density at radius 1 is 1.58 bits per heavy atom. The fourth-order valence-electron chi connectivity index (χ4n) is 2.01. The maximum absolute atomic E-state index is 11.5. The molecule has 1 heterocycles. The van der Waals surface area contributed by atoms with E-state index in [4.69, 9.17) is 9.47 Å². The zero-order valence-electron chi connectivity index (χ0n) is 11.0. The minimum atomic E-state index is -0.383. The minimum Gasteiger partial charge on any atom is -0.491 e. The van der Waals surface area contributed by atoms with Gasteiger partial charge in [-0.15, -0.1) is 0 Å². The van der Waals surface area contributed by atoms with Crippen molar-refractivity contribution in [2.45, 2.75) is 0 Å².